The molecule has 8 nitrogen and oxygen atoms in total. The Hall–Kier alpha value is -3.50. The van der Waals surface area contributed by atoms with Gasteiger partial charge in [-0.1, -0.05) is 0 Å². The molecule has 4 rings (SSSR count). The highest BCUT2D eigenvalue weighted by molar-refractivity contribution is 7.13. The van der Waals surface area contributed by atoms with Crippen molar-refractivity contribution in [1.29, 1.82) is 0 Å². The van der Waals surface area contributed by atoms with E-state index in [0.717, 1.165) is 23.3 Å². The van der Waals surface area contributed by atoms with E-state index in [4.69, 9.17) is 9.84 Å². The van der Waals surface area contributed by atoms with Crippen LogP contribution in [0.5, 0.6) is 17.2 Å². The average molecular weight is 457 g/mol. The van der Waals surface area contributed by atoms with Crippen molar-refractivity contribution < 1.29 is 28.9 Å². The monoisotopic (exact) mass is 457 g/mol. The van der Waals surface area contributed by atoms with Crippen LogP contribution in [0.15, 0.2) is 41.9 Å². The topological polar surface area (TPSA) is 121 Å². The predicted octanol–water partition coefficient (Wildman–Crippen LogP) is 3.87. The van der Waals surface area contributed by atoms with E-state index in [-0.39, 0.29) is 29.6 Å². The summed E-state index contributed by atoms with van der Waals surface area (Å²) in [5.41, 5.74) is 0.424. The lowest BCUT2D eigenvalue weighted by atomic mass is 9.81. The van der Waals surface area contributed by atoms with Crippen molar-refractivity contribution in [2.24, 2.45) is 0 Å². The van der Waals surface area contributed by atoms with Crippen LogP contribution in [0.3, 0.4) is 0 Å². The van der Waals surface area contributed by atoms with Crippen LogP contribution in [0.25, 0.3) is 0 Å². The van der Waals surface area contributed by atoms with E-state index in [0.29, 0.717) is 18.1 Å². The normalized spacial score (nSPS) is 17.4. The highest BCUT2D eigenvalue weighted by atomic mass is 32.1. The zero-order valence-electron chi connectivity index (χ0n) is 17.0. The van der Waals surface area contributed by atoms with Gasteiger partial charge in [0.25, 0.3) is 0 Å². The number of halogens is 1. The smallest absolute Gasteiger partial charge is 0.338 e. The van der Waals surface area contributed by atoms with Gasteiger partial charge in [-0.25, -0.2) is 14.2 Å². The van der Waals surface area contributed by atoms with Crippen molar-refractivity contribution in [1.82, 2.24) is 10.3 Å². The van der Waals surface area contributed by atoms with Crippen LogP contribution in [0, 0.1) is 5.82 Å². The number of carbonyl (C=O) groups excluding carboxylic acids is 1. The molecule has 1 amide bonds. The Bertz CT molecular complexity index is 1180. The number of aromatic carboxylic acids is 1. The van der Waals surface area contributed by atoms with E-state index in [1.807, 2.05) is 6.92 Å². The van der Waals surface area contributed by atoms with Gasteiger partial charge in [0.05, 0.1) is 5.56 Å². The lowest BCUT2D eigenvalue weighted by Gasteiger charge is -2.37. The number of hydrogen-bond acceptors (Lipinski definition) is 7. The summed E-state index contributed by atoms with van der Waals surface area (Å²) in [5.74, 6) is -2.58. The molecule has 0 bridgehead atoms. The van der Waals surface area contributed by atoms with E-state index in [9.17, 15) is 19.1 Å². The number of aromatic hydroxyl groups is 1. The molecule has 1 aliphatic heterocycles. The number of benzene rings is 2. The number of amides is 1. The Labute approximate surface area is 186 Å². The maximum absolute atomic E-state index is 14.0. The third kappa shape index (κ3) is 4.41. The molecule has 1 atom stereocenters. The van der Waals surface area contributed by atoms with Crippen molar-refractivity contribution in [3.8, 4) is 17.2 Å². The summed E-state index contributed by atoms with van der Waals surface area (Å²) in [6.07, 6.45) is 2.37. The number of carboxylic acid groups (broad SMARTS) is 1. The summed E-state index contributed by atoms with van der Waals surface area (Å²) in [7, 11) is 0. The Morgan fingerprint density at radius 1 is 1.34 bits per heavy atom. The van der Waals surface area contributed by atoms with Gasteiger partial charge in [0.1, 0.15) is 11.6 Å². The van der Waals surface area contributed by atoms with Crippen LogP contribution in [0.1, 0.15) is 34.8 Å². The second-order valence-electron chi connectivity index (χ2n) is 7.60. The van der Waals surface area contributed by atoms with E-state index >= 15 is 0 Å². The Kier molecular flexibility index (Phi) is 5.81. The fourth-order valence-electron chi connectivity index (χ4n) is 3.77. The molecule has 1 aromatic heterocycles. The van der Waals surface area contributed by atoms with Gasteiger partial charge in [-0.05, 0) is 48.7 Å². The Morgan fingerprint density at radius 3 is 2.84 bits per heavy atom. The first-order valence-corrected chi connectivity index (χ1v) is 10.6. The number of thiazole rings is 1. The molecule has 2 aromatic carbocycles. The second kappa shape index (κ2) is 8.56. The van der Waals surface area contributed by atoms with Crippen molar-refractivity contribution in [3.63, 3.8) is 0 Å². The van der Waals surface area contributed by atoms with Crippen LogP contribution in [0.2, 0.25) is 0 Å². The molecular weight excluding hydrogens is 437 g/mol. The molecule has 32 heavy (non-hydrogen) atoms. The van der Waals surface area contributed by atoms with Gasteiger partial charge in [-0.3, -0.25) is 4.79 Å². The summed E-state index contributed by atoms with van der Waals surface area (Å²) in [6.45, 7) is 2.50. The molecule has 4 N–H and O–H groups in total. The highest BCUT2D eigenvalue weighted by Crippen LogP contribution is 2.40. The lowest BCUT2D eigenvalue weighted by Crippen LogP contribution is -2.47. The van der Waals surface area contributed by atoms with E-state index < -0.39 is 22.9 Å². The van der Waals surface area contributed by atoms with Gasteiger partial charge in [0.15, 0.2) is 16.6 Å². The van der Waals surface area contributed by atoms with Gasteiger partial charge in [-0.15, -0.1) is 11.3 Å². The minimum absolute atomic E-state index is 0.0368. The minimum atomic E-state index is -1.39. The Morgan fingerprint density at radius 2 is 2.16 bits per heavy atom. The van der Waals surface area contributed by atoms with Crippen LogP contribution in [0.4, 0.5) is 9.52 Å². The number of carbonyl (C=O) groups is 2. The SMILES string of the molecule is C[C@]1(CC(=O)Nc2nccs2)NCCc2cc(O)c(Oc3ccc(C(=O)O)c(F)c3)cc21. The number of anilines is 1. The molecule has 0 radical (unpaired) electrons. The Balaban J connectivity index is 1.61. The number of rotatable bonds is 6. The van der Waals surface area contributed by atoms with Crippen molar-refractivity contribution in [2.45, 2.75) is 25.3 Å². The van der Waals surface area contributed by atoms with Gasteiger partial charge in [0, 0.05) is 36.1 Å². The van der Waals surface area contributed by atoms with E-state index in [2.05, 4.69) is 15.6 Å². The number of carboxylic acids is 1. The fraction of sp³-hybridized carbons (Fsp3) is 0.227. The van der Waals surface area contributed by atoms with Gasteiger partial charge < -0.3 is 25.6 Å². The fourth-order valence-corrected chi connectivity index (χ4v) is 4.31. The summed E-state index contributed by atoms with van der Waals surface area (Å²) in [4.78, 5) is 27.7. The molecule has 166 valence electrons. The quantitative estimate of drug-likeness (QED) is 0.443. The first-order chi connectivity index (χ1) is 15.2. The van der Waals surface area contributed by atoms with E-state index in [1.165, 1.54) is 17.4 Å². The first-order valence-electron chi connectivity index (χ1n) is 9.76. The van der Waals surface area contributed by atoms with Gasteiger partial charge >= 0.3 is 5.97 Å². The zero-order valence-corrected chi connectivity index (χ0v) is 17.8. The molecule has 0 saturated heterocycles. The number of phenols is 1. The van der Waals surface area contributed by atoms with E-state index in [1.54, 1.807) is 23.7 Å². The predicted molar refractivity (Wildman–Crippen MR) is 116 cm³/mol. The summed E-state index contributed by atoms with van der Waals surface area (Å²) < 4.78 is 19.7. The zero-order chi connectivity index (χ0) is 22.9. The van der Waals surface area contributed by atoms with Crippen molar-refractivity contribution in [2.75, 3.05) is 11.9 Å². The van der Waals surface area contributed by atoms with Crippen LogP contribution in [-0.4, -0.2) is 33.6 Å². The van der Waals surface area contributed by atoms with Crippen LogP contribution < -0.4 is 15.4 Å². The summed E-state index contributed by atoms with van der Waals surface area (Å²) >= 11 is 1.32. The third-order valence-corrected chi connectivity index (χ3v) is 5.97. The number of fused-ring (bicyclic) bond motifs is 1. The second-order valence-corrected chi connectivity index (χ2v) is 8.49. The van der Waals surface area contributed by atoms with Gasteiger partial charge in [0.2, 0.25) is 5.91 Å². The molecular formula is C22H20FN3O5S. The summed E-state index contributed by atoms with van der Waals surface area (Å²) in [5, 5.41) is 27.8. The molecule has 0 saturated carbocycles. The maximum atomic E-state index is 14.0. The van der Waals surface area contributed by atoms with Crippen LogP contribution in [-0.2, 0) is 16.8 Å². The van der Waals surface area contributed by atoms with Crippen molar-refractivity contribution >= 4 is 28.3 Å². The third-order valence-electron chi connectivity index (χ3n) is 5.28. The highest BCUT2D eigenvalue weighted by Gasteiger charge is 2.35. The number of aromatic nitrogens is 1. The van der Waals surface area contributed by atoms with Gasteiger partial charge in [-0.2, -0.15) is 0 Å². The lowest BCUT2D eigenvalue weighted by molar-refractivity contribution is -0.117. The number of nitrogens with one attached hydrogen (secondary N) is 2. The molecule has 1 aliphatic rings. The average Bonchev–Trinajstić information content (AvgIpc) is 3.21. The number of phenolic OH excluding ortho intramolecular Hbond substituents is 1. The molecule has 2 heterocycles. The molecule has 0 aliphatic carbocycles. The number of nitrogens with zero attached hydrogens (tertiary/aromatic N) is 1. The molecule has 3 aromatic rings. The number of ether oxygens (including phenoxy) is 1. The molecule has 0 spiro atoms. The van der Waals surface area contributed by atoms with Crippen LogP contribution >= 0.6 is 11.3 Å². The molecule has 10 heteroatoms. The standard InChI is InChI=1S/C22H20FN3O5S/c1-22(11-19(28)26-21-24-6-7-32-21)15-10-18(17(27)8-12(15)4-5-25-22)31-13-2-3-14(20(29)30)16(23)9-13/h2-3,6-10,25,27H,4-5,11H2,1H3,(H,29,30)(H,24,26,28)/t22-/m1/s1. The summed E-state index contributed by atoms with van der Waals surface area (Å²) in [6, 6.07) is 6.55. The maximum Gasteiger partial charge on any atom is 0.338 e. The number of hydrogen-bond donors (Lipinski definition) is 4. The molecule has 0 fully saturated rings. The molecule has 0 unspecified atom stereocenters. The van der Waals surface area contributed by atoms with Crippen molar-refractivity contribution in [3.05, 3.63) is 64.4 Å². The first kappa shape index (κ1) is 21.7. The largest absolute Gasteiger partial charge is 0.504 e. The minimum Gasteiger partial charge on any atom is -0.504 e.